The first kappa shape index (κ1) is 16.3. The van der Waals surface area contributed by atoms with Crippen molar-refractivity contribution in [2.45, 2.75) is 31.5 Å². The van der Waals surface area contributed by atoms with Gasteiger partial charge in [-0.25, -0.2) is 0 Å². The summed E-state index contributed by atoms with van der Waals surface area (Å²) in [6.07, 6.45) is -1.62. The number of benzene rings is 1. The van der Waals surface area contributed by atoms with E-state index < -0.39 is 17.6 Å². The van der Waals surface area contributed by atoms with E-state index in [2.05, 4.69) is 26.6 Å². The molecular weight excluding hydrogens is 349 g/mol. The topological polar surface area (TPSA) is 41.1 Å². The van der Waals surface area contributed by atoms with Gasteiger partial charge in [-0.3, -0.25) is 4.79 Å². The van der Waals surface area contributed by atoms with Crippen molar-refractivity contribution in [2.75, 3.05) is 13.1 Å². The van der Waals surface area contributed by atoms with E-state index in [1.54, 1.807) is 0 Å². The maximum absolute atomic E-state index is 12.8. The van der Waals surface area contributed by atoms with Crippen molar-refractivity contribution < 1.29 is 18.0 Å². The van der Waals surface area contributed by atoms with Crippen LogP contribution < -0.4 is 10.6 Å². The zero-order valence-corrected chi connectivity index (χ0v) is 12.9. The van der Waals surface area contributed by atoms with Crippen molar-refractivity contribution in [3.63, 3.8) is 0 Å². The maximum atomic E-state index is 12.8. The molecule has 1 heterocycles. The Morgan fingerprint density at radius 3 is 2.81 bits per heavy atom. The molecule has 1 unspecified atom stereocenters. The quantitative estimate of drug-likeness (QED) is 0.844. The lowest BCUT2D eigenvalue weighted by Gasteiger charge is -2.17. The summed E-state index contributed by atoms with van der Waals surface area (Å²) in [5.41, 5.74) is -0.816. The van der Waals surface area contributed by atoms with Gasteiger partial charge < -0.3 is 10.6 Å². The van der Waals surface area contributed by atoms with Crippen molar-refractivity contribution in [3.05, 3.63) is 33.8 Å². The van der Waals surface area contributed by atoms with E-state index >= 15 is 0 Å². The van der Waals surface area contributed by atoms with Crippen molar-refractivity contribution in [3.8, 4) is 0 Å². The summed E-state index contributed by atoms with van der Waals surface area (Å²) in [7, 11) is 0. The lowest BCUT2D eigenvalue weighted by atomic mass is 10.1. The van der Waals surface area contributed by atoms with E-state index in [1.165, 1.54) is 12.1 Å². The van der Waals surface area contributed by atoms with Gasteiger partial charge in [0, 0.05) is 22.6 Å². The van der Waals surface area contributed by atoms with Gasteiger partial charge in [0.05, 0.1) is 5.56 Å². The van der Waals surface area contributed by atoms with Crippen LogP contribution in [0.2, 0.25) is 0 Å². The largest absolute Gasteiger partial charge is 0.417 e. The van der Waals surface area contributed by atoms with Crippen LogP contribution in [-0.4, -0.2) is 25.0 Å². The number of hydrogen-bond acceptors (Lipinski definition) is 2. The second kappa shape index (κ2) is 6.79. The zero-order chi connectivity index (χ0) is 15.5. The molecule has 3 nitrogen and oxygen atoms in total. The highest BCUT2D eigenvalue weighted by Crippen LogP contribution is 2.35. The Hall–Kier alpha value is -1.08. The first-order chi connectivity index (χ1) is 9.88. The Morgan fingerprint density at radius 2 is 2.10 bits per heavy atom. The van der Waals surface area contributed by atoms with Gasteiger partial charge in [0.25, 0.3) is 5.91 Å². The highest BCUT2D eigenvalue weighted by atomic mass is 79.9. The molecular formula is C14H16BrF3N2O. The Bertz CT molecular complexity index is 511. The minimum atomic E-state index is -4.49. The van der Waals surface area contributed by atoms with Crippen molar-refractivity contribution in [1.82, 2.24) is 10.6 Å². The zero-order valence-electron chi connectivity index (χ0n) is 11.3. The normalized spacial score (nSPS) is 19.9. The van der Waals surface area contributed by atoms with Crippen LogP contribution in [0.15, 0.2) is 22.7 Å². The molecule has 2 N–H and O–H groups in total. The van der Waals surface area contributed by atoms with E-state index in [-0.39, 0.29) is 16.1 Å². The Labute approximate surface area is 129 Å². The molecule has 1 fully saturated rings. The third-order valence-electron chi connectivity index (χ3n) is 3.42. The smallest absolute Gasteiger partial charge is 0.348 e. The van der Waals surface area contributed by atoms with Crippen LogP contribution in [0, 0.1) is 0 Å². The number of halogens is 4. The summed E-state index contributed by atoms with van der Waals surface area (Å²) in [4.78, 5) is 12.1. The summed E-state index contributed by atoms with van der Waals surface area (Å²) in [6, 6.07) is 3.48. The second-order valence-electron chi connectivity index (χ2n) is 5.06. The van der Waals surface area contributed by atoms with Gasteiger partial charge in [-0.15, -0.1) is 0 Å². The SMILES string of the molecule is O=C(NC1CCCCNC1)c1ccc(Br)c(C(F)(F)F)c1. The molecule has 0 aromatic heterocycles. The predicted molar refractivity (Wildman–Crippen MR) is 77.1 cm³/mol. The van der Waals surface area contributed by atoms with Crippen molar-refractivity contribution in [1.29, 1.82) is 0 Å². The summed E-state index contributed by atoms with van der Waals surface area (Å²) >= 11 is 2.86. The molecule has 1 aliphatic heterocycles. The molecule has 0 bridgehead atoms. The van der Waals surface area contributed by atoms with E-state index in [4.69, 9.17) is 0 Å². The van der Waals surface area contributed by atoms with E-state index in [1.807, 2.05) is 0 Å². The Balaban J connectivity index is 2.12. The number of rotatable bonds is 2. The molecule has 0 spiro atoms. The van der Waals surface area contributed by atoms with Crippen LogP contribution in [0.1, 0.15) is 35.2 Å². The van der Waals surface area contributed by atoms with Crippen LogP contribution in [0.3, 0.4) is 0 Å². The molecule has 1 aliphatic rings. The summed E-state index contributed by atoms with van der Waals surface area (Å²) in [6.45, 7) is 1.55. The van der Waals surface area contributed by atoms with Crippen molar-refractivity contribution >= 4 is 21.8 Å². The predicted octanol–water partition coefficient (Wildman–Crippen LogP) is 3.34. The summed E-state index contributed by atoms with van der Waals surface area (Å²) in [5, 5.41) is 5.99. The molecule has 1 saturated heterocycles. The second-order valence-corrected chi connectivity index (χ2v) is 5.92. The molecule has 7 heteroatoms. The molecule has 1 aromatic carbocycles. The highest BCUT2D eigenvalue weighted by molar-refractivity contribution is 9.10. The van der Waals surface area contributed by atoms with Gasteiger partial charge in [0.2, 0.25) is 0 Å². The molecule has 0 saturated carbocycles. The average molecular weight is 365 g/mol. The maximum Gasteiger partial charge on any atom is 0.417 e. The minimum absolute atomic E-state index is 0.0229. The summed E-state index contributed by atoms with van der Waals surface area (Å²) < 4.78 is 38.4. The fourth-order valence-electron chi connectivity index (χ4n) is 2.29. The first-order valence-corrected chi connectivity index (χ1v) is 7.55. The Morgan fingerprint density at radius 1 is 1.33 bits per heavy atom. The van der Waals surface area contributed by atoms with Crippen LogP contribution in [0.5, 0.6) is 0 Å². The average Bonchev–Trinajstić information content (AvgIpc) is 2.66. The number of alkyl halides is 3. The molecule has 1 aromatic rings. The Kier molecular flexibility index (Phi) is 5.27. The molecule has 21 heavy (non-hydrogen) atoms. The highest BCUT2D eigenvalue weighted by Gasteiger charge is 2.33. The lowest BCUT2D eigenvalue weighted by Crippen LogP contribution is -2.40. The summed E-state index contributed by atoms with van der Waals surface area (Å²) in [5.74, 6) is -0.471. The number of nitrogens with one attached hydrogen (secondary N) is 2. The number of hydrogen-bond donors (Lipinski definition) is 2. The third-order valence-corrected chi connectivity index (χ3v) is 4.11. The van der Waals surface area contributed by atoms with Crippen LogP contribution in [-0.2, 0) is 6.18 Å². The minimum Gasteiger partial charge on any atom is -0.348 e. The lowest BCUT2D eigenvalue weighted by molar-refractivity contribution is -0.138. The van der Waals surface area contributed by atoms with E-state index in [9.17, 15) is 18.0 Å². The van der Waals surface area contributed by atoms with E-state index in [0.717, 1.165) is 31.9 Å². The van der Waals surface area contributed by atoms with E-state index in [0.29, 0.717) is 6.54 Å². The fraction of sp³-hybridized carbons (Fsp3) is 0.500. The molecule has 116 valence electrons. The standard InChI is InChI=1S/C14H16BrF3N2O/c15-12-5-4-9(7-11(12)14(16,17)18)13(21)20-10-3-1-2-6-19-8-10/h4-5,7,10,19H,1-3,6,8H2,(H,20,21). The van der Waals surface area contributed by atoms with Gasteiger partial charge in [-0.2, -0.15) is 13.2 Å². The van der Waals surface area contributed by atoms with Gasteiger partial charge >= 0.3 is 6.18 Å². The van der Waals surface area contributed by atoms with Gasteiger partial charge in [-0.05, 0) is 37.6 Å². The van der Waals surface area contributed by atoms with Crippen LogP contribution in [0.25, 0.3) is 0 Å². The number of amides is 1. The molecule has 0 radical (unpaired) electrons. The third kappa shape index (κ3) is 4.44. The number of carbonyl (C=O) groups is 1. The van der Waals surface area contributed by atoms with Gasteiger partial charge in [0.15, 0.2) is 0 Å². The van der Waals surface area contributed by atoms with Gasteiger partial charge in [0.1, 0.15) is 0 Å². The van der Waals surface area contributed by atoms with Gasteiger partial charge in [-0.1, -0.05) is 22.4 Å². The molecule has 2 rings (SSSR count). The number of carbonyl (C=O) groups excluding carboxylic acids is 1. The molecule has 1 atom stereocenters. The van der Waals surface area contributed by atoms with Crippen molar-refractivity contribution in [2.24, 2.45) is 0 Å². The monoisotopic (exact) mass is 364 g/mol. The first-order valence-electron chi connectivity index (χ1n) is 6.76. The van der Waals surface area contributed by atoms with Crippen LogP contribution >= 0.6 is 15.9 Å². The van der Waals surface area contributed by atoms with Crippen LogP contribution in [0.4, 0.5) is 13.2 Å². The molecule has 1 amide bonds. The fourth-order valence-corrected chi connectivity index (χ4v) is 2.77. The molecule has 0 aliphatic carbocycles.